The van der Waals surface area contributed by atoms with Gasteiger partial charge in [0.05, 0.1) is 17.6 Å². The number of ether oxygens (including phenoxy) is 1. The number of amides is 1. The lowest BCUT2D eigenvalue weighted by molar-refractivity contribution is 0.102. The van der Waals surface area contributed by atoms with Gasteiger partial charge in [-0.05, 0) is 49.2 Å². The van der Waals surface area contributed by atoms with E-state index in [1.165, 1.54) is 35.7 Å². The van der Waals surface area contributed by atoms with Crippen LogP contribution in [0.5, 0.6) is 5.75 Å². The average Bonchev–Trinajstić information content (AvgIpc) is 3.52. The highest BCUT2D eigenvalue weighted by atomic mass is 32.2. The molecule has 0 bridgehead atoms. The van der Waals surface area contributed by atoms with Crippen LogP contribution in [0.15, 0.2) is 57.8 Å². The predicted octanol–water partition coefficient (Wildman–Crippen LogP) is 2.78. The van der Waals surface area contributed by atoms with E-state index in [2.05, 4.69) is 15.5 Å². The van der Waals surface area contributed by atoms with Crippen molar-refractivity contribution < 1.29 is 22.4 Å². The number of carbonyl (C=O) groups is 1. The normalized spacial score (nSPS) is 14.0. The first-order valence-corrected chi connectivity index (χ1v) is 10.7. The zero-order chi connectivity index (χ0) is 21.3. The summed E-state index contributed by atoms with van der Waals surface area (Å²) in [6.07, 6.45) is 1.74. The van der Waals surface area contributed by atoms with E-state index in [0.717, 1.165) is 12.8 Å². The molecule has 0 radical (unpaired) electrons. The Balaban J connectivity index is 1.48. The smallest absolute Gasteiger partial charge is 0.322 e. The van der Waals surface area contributed by atoms with Crippen LogP contribution in [0.25, 0.3) is 11.5 Å². The van der Waals surface area contributed by atoms with Crippen molar-refractivity contribution in [2.24, 2.45) is 0 Å². The van der Waals surface area contributed by atoms with Gasteiger partial charge in [-0.15, -0.1) is 5.10 Å². The van der Waals surface area contributed by atoms with Gasteiger partial charge in [0.15, 0.2) is 0 Å². The standard InChI is InChI=1S/C20H20N4O5S/c1-24(14-9-10-14)30(26,27)15-11-7-13(8-12-15)18(25)21-20-23-22-19(29-20)16-5-3-4-6-17(16)28-2/h3-8,11-12,14H,9-10H2,1-2H3,(H,21,23,25). The van der Waals surface area contributed by atoms with Crippen molar-refractivity contribution in [1.82, 2.24) is 14.5 Å². The zero-order valence-electron chi connectivity index (χ0n) is 16.4. The highest BCUT2D eigenvalue weighted by Crippen LogP contribution is 2.31. The van der Waals surface area contributed by atoms with Crippen molar-refractivity contribution in [1.29, 1.82) is 0 Å². The number of anilines is 1. The van der Waals surface area contributed by atoms with E-state index in [4.69, 9.17) is 9.15 Å². The van der Waals surface area contributed by atoms with Crippen LogP contribution in [-0.4, -0.2) is 49.0 Å². The van der Waals surface area contributed by atoms with Gasteiger partial charge in [-0.1, -0.05) is 17.2 Å². The van der Waals surface area contributed by atoms with E-state index in [1.807, 2.05) is 6.07 Å². The largest absolute Gasteiger partial charge is 0.496 e. The Bertz CT molecular complexity index is 1170. The molecule has 4 rings (SSSR count). The number of nitrogens with one attached hydrogen (secondary N) is 1. The number of methoxy groups -OCH3 is 1. The average molecular weight is 428 g/mol. The second-order valence-corrected chi connectivity index (χ2v) is 8.84. The van der Waals surface area contributed by atoms with Crippen LogP contribution in [-0.2, 0) is 10.0 Å². The molecule has 156 valence electrons. The summed E-state index contributed by atoms with van der Waals surface area (Å²) >= 11 is 0. The summed E-state index contributed by atoms with van der Waals surface area (Å²) < 4.78 is 37.3. The summed E-state index contributed by atoms with van der Waals surface area (Å²) in [5.41, 5.74) is 0.863. The maximum atomic E-state index is 12.6. The van der Waals surface area contributed by atoms with Gasteiger partial charge in [0.25, 0.3) is 11.8 Å². The Morgan fingerprint density at radius 1 is 1.13 bits per heavy atom. The lowest BCUT2D eigenvalue weighted by Gasteiger charge is -2.16. The second kappa shape index (κ2) is 7.88. The molecule has 1 fully saturated rings. The van der Waals surface area contributed by atoms with E-state index in [0.29, 0.717) is 11.3 Å². The van der Waals surface area contributed by atoms with Crippen LogP contribution < -0.4 is 10.1 Å². The summed E-state index contributed by atoms with van der Waals surface area (Å²) in [5.74, 6) is 0.268. The Labute approximate surface area is 173 Å². The Morgan fingerprint density at radius 3 is 2.50 bits per heavy atom. The van der Waals surface area contributed by atoms with Gasteiger partial charge in [-0.3, -0.25) is 10.1 Å². The summed E-state index contributed by atoms with van der Waals surface area (Å²) in [6, 6.07) is 12.8. The van der Waals surface area contributed by atoms with Crippen LogP contribution in [0.2, 0.25) is 0 Å². The number of nitrogens with zero attached hydrogens (tertiary/aromatic N) is 3. The molecule has 1 aliphatic carbocycles. The van der Waals surface area contributed by atoms with Crippen molar-refractivity contribution in [3.05, 3.63) is 54.1 Å². The maximum Gasteiger partial charge on any atom is 0.322 e. The van der Waals surface area contributed by atoms with Gasteiger partial charge < -0.3 is 9.15 Å². The lowest BCUT2D eigenvalue weighted by Crippen LogP contribution is -2.29. The fourth-order valence-corrected chi connectivity index (χ4v) is 4.37. The molecular formula is C20H20N4O5S. The number of hydrogen-bond acceptors (Lipinski definition) is 7. The molecule has 0 atom stereocenters. The predicted molar refractivity (Wildman–Crippen MR) is 109 cm³/mol. The number of hydrogen-bond donors (Lipinski definition) is 1. The third kappa shape index (κ3) is 3.91. The van der Waals surface area contributed by atoms with E-state index >= 15 is 0 Å². The molecule has 9 nitrogen and oxygen atoms in total. The molecule has 1 heterocycles. The van der Waals surface area contributed by atoms with E-state index < -0.39 is 15.9 Å². The molecule has 0 saturated heterocycles. The Kier molecular flexibility index (Phi) is 5.27. The van der Waals surface area contributed by atoms with Crippen LogP contribution >= 0.6 is 0 Å². The van der Waals surface area contributed by atoms with Crippen LogP contribution in [0.3, 0.4) is 0 Å². The zero-order valence-corrected chi connectivity index (χ0v) is 17.2. The van der Waals surface area contributed by atoms with Gasteiger partial charge >= 0.3 is 6.01 Å². The fourth-order valence-electron chi connectivity index (χ4n) is 2.95. The van der Waals surface area contributed by atoms with Crippen molar-refractivity contribution in [2.45, 2.75) is 23.8 Å². The summed E-state index contributed by atoms with van der Waals surface area (Å²) in [5, 5.41) is 10.3. The number of rotatable bonds is 7. The van der Waals surface area contributed by atoms with Crippen LogP contribution in [0.4, 0.5) is 6.01 Å². The molecule has 1 amide bonds. The Hall–Kier alpha value is -3.24. The topological polar surface area (TPSA) is 115 Å². The molecule has 10 heteroatoms. The molecule has 2 aromatic carbocycles. The fraction of sp³-hybridized carbons (Fsp3) is 0.250. The first-order chi connectivity index (χ1) is 14.4. The minimum absolute atomic E-state index is 0.0629. The van der Waals surface area contributed by atoms with Gasteiger partial charge in [0.2, 0.25) is 10.0 Å². The summed E-state index contributed by atoms with van der Waals surface area (Å²) in [4.78, 5) is 12.6. The number of carbonyl (C=O) groups excluding carboxylic acids is 1. The minimum Gasteiger partial charge on any atom is -0.496 e. The molecule has 30 heavy (non-hydrogen) atoms. The van der Waals surface area contributed by atoms with Crippen molar-refractivity contribution >= 4 is 21.9 Å². The van der Waals surface area contributed by atoms with Crippen LogP contribution in [0.1, 0.15) is 23.2 Å². The summed E-state index contributed by atoms with van der Waals surface area (Å²) in [6.45, 7) is 0. The quantitative estimate of drug-likeness (QED) is 0.615. The van der Waals surface area contributed by atoms with E-state index in [-0.39, 0.29) is 28.4 Å². The molecule has 1 saturated carbocycles. The first kappa shape index (κ1) is 20.0. The molecule has 1 aromatic heterocycles. The van der Waals surface area contributed by atoms with Gasteiger partial charge in [0, 0.05) is 18.7 Å². The molecule has 0 aliphatic heterocycles. The Morgan fingerprint density at radius 2 is 1.83 bits per heavy atom. The second-order valence-electron chi connectivity index (χ2n) is 6.84. The van der Waals surface area contributed by atoms with Crippen molar-refractivity contribution in [3.63, 3.8) is 0 Å². The molecule has 0 spiro atoms. The highest BCUT2D eigenvalue weighted by Gasteiger charge is 2.35. The number of aromatic nitrogens is 2. The van der Waals surface area contributed by atoms with E-state index in [9.17, 15) is 13.2 Å². The highest BCUT2D eigenvalue weighted by molar-refractivity contribution is 7.89. The molecule has 0 unspecified atom stereocenters. The van der Waals surface area contributed by atoms with Gasteiger partial charge in [-0.2, -0.15) is 4.31 Å². The molecule has 3 aromatic rings. The monoisotopic (exact) mass is 428 g/mol. The maximum absolute atomic E-state index is 12.6. The van der Waals surface area contributed by atoms with E-state index in [1.54, 1.807) is 25.2 Å². The van der Waals surface area contributed by atoms with Crippen molar-refractivity contribution in [2.75, 3.05) is 19.5 Å². The van der Waals surface area contributed by atoms with Gasteiger partial charge in [-0.25, -0.2) is 8.42 Å². The number of para-hydroxylation sites is 1. The summed E-state index contributed by atoms with van der Waals surface area (Å²) in [7, 11) is -0.458. The molecular weight excluding hydrogens is 408 g/mol. The molecule has 1 N–H and O–H groups in total. The van der Waals surface area contributed by atoms with Crippen LogP contribution in [0, 0.1) is 0 Å². The third-order valence-electron chi connectivity index (χ3n) is 4.84. The minimum atomic E-state index is -3.56. The van der Waals surface area contributed by atoms with Gasteiger partial charge in [0.1, 0.15) is 5.75 Å². The van der Waals surface area contributed by atoms with Crippen molar-refractivity contribution in [3.8, 4) is 17.2 Å². The molecule has 1 aliphatic rings. The number of benzene rings is 2. The lowest BCUT2D eigenvalue weighted by atomic mass is 10.2. The number of sulfonamides is 1. The third-order valence-corrected chi connectivity index (χ3v) is 6.76. The first-order valence-electron chi connectivity index (χ1n) is 9.26. The SMILES string of the molecule is COc1ccccc1-c1nnc(NC(=O)c2ccc(S(=O)(=O)N(C)C3CC3)cc2)o1.